The summed E-state index contributed by atoms with van der Waals surface area (Å²) in [6.07, 6.45) is 2.45. The van der Waals surface area contributed by atoms with E-state index in [2.05, 4.69) is 5.16 Å². The molecule has 1 saturated heterocycles. The molecule has 2 aliphatic heterocycles. The number of benzene rings is 1. The number of rotatable bonds is 1. The number of oxime groups is 1. The van der Waals surface area contributed by atoms with E-state index < -0.39 is 5.60 Å². The number of likely N-dealkylation sites (tertiary alicyclic amines) is 1. The maximum absolute atomic E-state index is 12.1. The van der Waals surface area contributed by atoms with Crippen LogP contribution in [0.25, 0.3) is 0 Å². The van der Waals surface area contributed by atoms with Crippen LogP contribution in [0.15, 0.2) is 29.4 Å². The predicted octanol–water partition coefficient (Wildman–Crippen LogP) is 2.42. The number of carbonyl (C=O) groups excluding carboxylic acids is 1. The van der Waals surface area contributed by atoms with Gasteiger partial charge in [-0.1, -0.05) is 17.3 Å². The van der Waals surface area contributed by atoms with Crippen LogP contribution in [0.3, 0.4) is 0 Å². The molecule has 0 saturated carbocycles. The van der Waals surface area contributed by atoms with Crippen LogP contribution in [0.4, 0.5) is 0 Å². The zero-order valence-electron chi connectivity index (χ0n) is 12.2. The average Bonchev–Trinajstić information content (AvgIpc) is 2.66. The van der Waals surface area contributed by atoms with Gasteiger partial charge in [0.05, 0.1) is 5.71 Å². The van der Waals surface area contributed by atoms with Crippen molar-refractivity contribution in [1.29, 1.82) is 0 Å². The van der Waals surface area contributed by atoms with Crippen molar-refractivity contribution in [2.75, 3.05) is 13.1 Å². The number of hydrogen-bond acceptors (Lipinski definition) is 4. The minimum Gasteiger partial charge on any atom is -0.486 e. The fourth-order valence-corrected chi connectivity index (χ4v) is 3.25. The molecule has 2 aliphatic rings. The molecule has 0 radical (unpaired) electrons. The van der Waals surface area contributed by atoms with Crippen LogP contribution >= 0.6 is 0 Å². The van der Waals surface area contributed by atoms with Crippen molar-refractivity contribution in [2.45, 2.75) is 38.2 Å². The summed E-state index contributed by atoms with van der Waals surface area (Å²) in [4.78, 5) is 13.9. The van der Waals surface area contributed by atoms with E-state index in [0.717, 1.165) is 24.3 Å². The molecule has 0 aliphatic carbocycles. The zero-order valence-corrected chi connectivity index (χ0v) is 12.2. The van der Waals surface area contributed by atoms with Gasteiger partial charge in [-0.2, -0.15) is 0 Å². The van der Waals surface area contributed by atoms with E-state index >= 15 is 0 Å². The molecule has 3 rings (SSSR count). The second-order valence-corrected chi connectivity index (χ2v) is 5.73. The lowest BCUT2D eigenvalue weighted by atomic mass is 9.84. The van der Waals surface area contributed by atoms with Crippen LogP contribution in [-0.4, -0.2) is 40.4 Å². The van der Waals surface area contributed by atoms with E-state index in [1.54, 1.807) is 0 Å². The van der Waals surface area contributed by atoms with Gasteiger partial charge < -0.3 is 14.8 Å². The van der Waals surface area contributed by atoms with Gasteiger partial charge in [-0.15, -0.1) is 0 Å². The largest absolute Gasteiger partial charge is 0.486 e. The molecule has 5 nitrogen and oxygen atoms in total. The summed E-state index contributed by atoms with van der Waals surface area (Å²) in [7, 11) is 0. The van der Waals surface area contributed by atoms with Gasteiger partial charge in [0, 0.05) is 37.9 Å². The highest BCUT2D eigenvalue weighted by Gasteiger charge is 2.42. The Hall–Kier alpha value is -2.04. The molecule has 112 valence electrons. The van der Waals surface area contributed by atoms with Crippen molar-refractivity contribution in [3.8, 4) is 5.75 Å². The summed E-state index contributed by atoms with van der Waals surface area (Å²) < 4.78 is 6.24. The first kappa shape index (κ1) is 13.9. The molecular weight excluding hydrogens is 268 g/mol. The summed E-state index contributed by atoms with van der Waals surface area (Å²) in [6, 6.07) is 7.61. The Balaban J connectivity index is 1.92. The molecule has 1 aromatic rings. The van der Waals surface area contributed by atoms with Gasteiger partial charge in [-0.3, -0.25) is 4.79 Å². The molecular formula is C16H20N2O3. The number of hydrogen-bond donors (Lipinski definition) is 1. The van der Waals surface area contributed by atoms with Gasteiger partial charge in [-0.05, 0) is 25.5 Å². The van der Waals surface area contributed by atoms with Crippen LogP contribution in [0, 0.1) is 0 Å². The summed E-state index contributed by atoms with van der Waals surface area (Å²) in [5, 5.41) is 12.8. The number of fused-ring (bicyclic) bond motifs is 1. The fourth-order valence-electron chi connectivity index (χ4n) is 3.25. The highest BCUT2D eigenvalue weighted by Crippen LogP contribution is 2.39. The molecule has 5 heteroatoms. The van der Waals surface area contributed by atoms with Gasteiger partial charge in [0.2, 0.25) is 5.91 Å². The first-order valence-electron chi connectivity index (χ1n) is 7.44. The quantitative estimate of drug-likeness (QED) is 0.637. The molecule has 0 bridgehead atoms. The standard InChI is InChI=1S/C16H20N2O3/c1-2-18-10-9-16(8-7-15(18)19)11-13(17-20)12-5-3-4-6-14(12)21-16/h3-6,20H,2,7-11H2,1H3/b17-13-/t16-/m0/s1. The third-order valence-electron chi connectivity index (χ3n) is 4.50. The van der Waals surface area contributed by atoms with E-state index in [-0.39, 0.29) is 5.91 Å². The van der Waals surface area contributed by atoms with Crippen LogP contribution < -0.4 is 4.74 Å². The zero-order chi connectivity index (χ0) is 14.9. The lowest BCUT2D eigenvalue weighted by Gasteiger charge is -2.38. The van der Waals surface area contributed by atoms with Crippen LogP contribution in [0.5, 0.6) is 5.75 Å². The number of ether oxygens (including phenoxy) is 1. The van der Waals surface area contributed by atoms with Gasteiger partial charge in [-0.25, -0.2) is 0 Å². The van der Waals surface area contributed by atoms with Crippen molar-refractivity contribution < 1.29 is 14.7 Å². The Bertz CT molecular complexity index is 585. The molecule has 2 heterocycles. The number of amides is 1. The maximum atomic E-state index is 12.1. The molecule has 1 N–H and O–H groups in total. The van der Waals surface area contributed by atoms with Crippen molar-refractivity contribution in [3.05, 3.63) is 29.8 Å². The van der Waals surface area contributed by atoms with Crippen molar-refractivity contribution in [3.63, 3.8) is 0 Å². The smallest absolute Gasteiger partial charge is 0.222 e. The highest BCUT2D eigenvalue weighted by atomic mass is 16.5. The molecule has 1 spiro atoms. The molecule has 1 aromatic carbocycles. The average molecular weight is 288 g/mol. The van der Waals surface area contributed by atoms with E-state index in [0.29, 0.717) is 31.5 Å². The fraction of sp³-hybridized carbons (Fsp3) is 0.500. The Kier molecular flexibility index (Phi) is 3.57. The van der Waals surface area contributed by atoms with Crippen LogP contribution in [0.2, 0.25) is 0 Å². The second-order valence-electron chi connectivity index (χ2n) is 5.73. The van der Waals surface area contributed by atoms with Gasteiger partial charge in [0.15, 0.2) is 0 Å². The number of para-hydroxylation sites is 1. The van der Waals surface area contributed by atoms with E-state index in [4.69, 9.17) is 4.74 Å². The monoisotopic (exact) mass is 288 g/mol. The molecule has 1 atom stereocenters. The third kappa shape index (κ3) is 2.48. The maximum Gasteiger partial charge on any atom is 0.222 e. The SMILES string of the molecule is CCN1CC[C@@]2(CCC1=O)C/C(=N/O)c1ccccc1O2. The molecule has 0 unspecified atom stereocenters. The third-order valence-corrected chi connectivity index (χ3v) is 4.50. The Morgan fingerprint density at radius 2 is 2.19 bits per heavy atom. The minimum atomic E-state index is -0.435. The molecule has 0 aromatic heterocycles. The first-order chi connectivity index (χ1) is 10.2. The Morgan fingerprint density at radius 1 is 1.38 bits per heavy atom. The highest BCUT2D eigenvalue weighted by molar-refractivity contribution is 6.04. The van der Waals surface area contributed by atoms with Crippen molar-refractivity contribution in [1.82, 2.24) is 4.90 Å². The lowest BCUT2D eigenvalue weighted by Crippen LogP contribution is -2.43. The van der Waals surface area contributed by atoms with E-state index in [1.165, 1.54) is 0 Å². The normalized spacial score (nSPS) is 27.4. The summed E-state index contributed by atoms with van der Waals surface area (Å²) in [5.41, 5.74) is 1.05. The Labute approximate surface area is 124 Å². The lowest BCUT2D eigenvalue weighted by molar-refractivity contribution is -0.130. The van der Waals surface area contributed by atoms with Gasteiger partial charge >= 0.3 is 0 Å². The number of nitrogens with zero attached hydrogens (tertiary/aromatic N) is 2. The summed E-state index contributed by atoms with van der Waals surface area (Å²) >= 11 is 0. The number of carbonyl (C=O) groups is 1. The van der Waals surface area contributed by atoms with Gasteiger partial charge in [0.1, 0.15) is 11.4 Å². The molecule has 21 heavy (non-hydrogen) atoms. The summed E-state index contributed by atoms with van der Waals surface area (Å²) in [6.45, 7) is 3.41. The second kappa shape index (κ2) is 5.39. The summed E-state index contributed by atoms with van der Waals surface area (Å²) in [5.74, 6) is 0.924. The predicted molar refractivity (Wildman–Crippen MR) is 78.8 cm³/mol. The van der Waals surface area contributed by atoms with Gasteiger partial charge in [0.25, 0.3) is 0 Å². The van der Waals surface area contributed by atoms with Crippen LogP contribution in [-0.2, 0) is 4.79 Å². The molecule has 1 fully saturated rings. The molecule has 1 amide bonds. The van der Waals surface area contributed by atoms with Crippen LogP contribution in [0.1, 0.15) is 38.2 Å². The Morgan fingerprint density at radius 3 is 2.95 bits per heavy atom. The minimum absolute atomic E-state index is 0.180. The van der Waals surface area contributed by atoms with Crippen molar-refractivity contribution in [2.24, 2.45) is 5.16 Å². The van der Waals surface area contributed by atoms with Crippen molar-refractivity contribution >= 4 is 11.6 Å². The topological polar surface area (TPSA) is 62.1 Å². The van der Waals surface area contributed by atoms with E-state index in [1.807, 2.05) is 36.1 Å². The first-order valence-corrected chi connectivity index (χ1v) is 7.44. The van der Waals surface area contributed by atoms with E-state index in [9.17, 15) is 10.0 Å².